The molecule has 0 aromatic carbocycles. The first-order valence-corrected chi connectivity index (χ1v) is 19.0. The molecule has 2 fully saturated rings. The van der Waals surface area contributed by atoms with Gasteiger partial charge in [0.15, 0.2) is 0 Å². The van der Waals surface area contributed by atoms with Gasteiger partial charge >= 0.3 is 23.9 Å². The van der Waals surface area contributed by atoms with E-state index in [2.05, 4.69) is 9.47 Å². The number of aliphatic hydroxyl groups excluding tert-OH is 3. The zero-order chi connectivity index (χ0) is 45.0. The maximum atomic E-state index is 13.0. The predicted molar refractivity (Wildman–Crippen MR) is 202 cm³/mol. The van der Waals surface area contributed by atoms with Gasteiger partial charge in [-0.05, 0) is 10.8 Å². The molecule has 19 heteroatoms. The van der Waals surface area contributed by atoms with Crippen LogP contribution >= 0.6 is 0 Å². The number of carbonyl (C=O) groups excluding carboxylic acids is 8. The molecule has 0 radical (unpaired) electrons. The van der Waals surface area contributed by atoms with E-state index in [4.69, 9.17) is 18.9 Å². The van der Waals surface area contributed by atoms with Gasteiger partial charge in [0.2, 0.25) is 23.6 Å². The number of esters is 4. The monoisotopic (exact) mass is 832 g/mol. The summed E-state index contributed by atoms with van der Waals surface area (Å²) >= 11 is 0. The van der Waals surface area contributed by atoms with Crippen LogP contribution in [0, 0.1) is 16.7 Å². The second-order valence-corrected chi connectivity index (χ2v) is 16.5. The number of nitrogens with zero attached hydrogens (tertiary/aromatic N) is 2. The molecule has 3 N–H and O–H groups in total. The summed E-state index contributed by atoms with van der Waals surface area (Å²) in [6, 6.07) is -1.94. The van der Waals surface area contributed by atoms with Gasteiger partial charge in [-0.1, -0.05) is 48.5 Å². The lowest BCUT2D eigenvalue weighted by Crippen LogP contribution is -2.68. The molecule has 0 aromatic heterocycles. The molecule has 0 bridgehead atoms. The van der Waals surface area contributed by atoms with Crippen LogP contribution in [0.3, 0.4) is 0 Å². The molecular weight excluding hydrogens is 768 g/mol. The molecule has 332 valence electrons. The van der Waals surface area contributed by atoms with Crippen molar-refractivity contribution in [2.75, 3.05) is 27.4 Å². The van der Waals surface area contributed by atoms with E-state index in [1.165, 1.54) is 35.0 Å². The van der Waals surface area contributed by atoms with Crippen LogP contribution in [-0.4, -0.2) is 155 Å². The minimum Gasteiger partial charge on any atom is -0.469 e. The minimum absolute atomic E-state index is 0.146. The van der Waals surface area contributed by atoms with Crippen molar-refractivity contribution in [3.05, 3.63) is 0 Å². The normalized spacial score (nSPS) is 27.1. The van der Waals surface area contributed by atoms with E-state index in [0.717, 1.165) is 16.7 Å². The van der Waals surface area contributed by atoms with Crippen molar-refractivity contribution in [1.82, 2.24) is 9.80 Å². The summed E-state index contributed by atoms with van der Waals surface area (Å²) in [4.78, 5) is 98.2. The lowest BCUT2D eigenvalue weighted by Gasteiger charge is -2.52. The van der Waals surface area contributed by atoms with Crippen LogP contribution in [0.25, 0.3) is 0 Å². The highest BCUT2D eigenvalue weighted by molar-refractivity contribution is 5.96. The number of methoxy groups -OCH3 is 2. The van der Waals surface area contributed by atoms with E-state index in [0.29, 0.717) is 0 Å². The molecular formula is C39H64N2O17. The highest BCUT2D eigenvalue weighted by Gasteiger charge is 2.54. The summed E-state index contributed by atoms with van der Waals surface area (Å²) < 4.78 is 31.6. The molecule has 2 aliphatic rings. The molecule has 0 spiro atoms. The number of amides is 4. The number of ether oxygens (including phenoxy) is 6. The zero-order valence-electron chi connectivity index (χ0n) is 36.0. The average molecular weight is 833 g/mol. The standard InChI is InChI=1S/C22H35NO9.C17H29NO8/c1-12-19(23(13(2)24)17(27)9-10-18(28)29-8)21(22(5,6)7)32-16(11-30-14(3)25)20(12)31-15(4)26;1-9(20)18(11(21)6-7-12(22)25-5)13-15(24)14(23)10(8-19)26-16(13)17(2,3)4/h12,16,19-21H,9-11H2,1-8H3;10,13-16,19,23-24H,6-8H2,1-5H3. The summed E-state index contributed by atoms with van der Waals surface area (Å²) in [6.07, 6.45) is -8.05. The third-order valence-corrected chi connectivity index (χ3v) is 9.76. The topological polar surface area (TPSA) is 259 Å². The summed E-state index contributed by atoms with van der Waals surface area (Å²) in [5.74, 6) is -5.19. The Balaban J connectivity index is 0.000000593. The summed E-state index contributed by atoms with van der Waals surface area (Å²) in [5.41, 5.74) is -1.15. The Morgan fingerprint density at radius 1 is 0.621 bits per heavy atom. The van der Waals surface area contributed by atoms with Crippen molar-refractivity contribution < 1.29 is 82.1 Å². The second kappa shape index (κ2) is 22.4. The van der Waals surface area contributed by atoms with Gasteiger partial charge in [-0.25, -0.2) is 0 Å². The lowest BCUT2D eigenvalue weighted by molar-refractivity contribution is -0.234. The highest BCUT2D eigenvalue weighted by atomic mass is 16.6. The Morgan fingerprint density at radius 3 is 1.40 bits per heavy atom. The van der Waals surface area contributed by atoms with Crippen molar-refractivity contribution in [2.24, 2.45) is 16.7 Å². The number of aliphatic hydroxyl groups is 3. The van der Waals surface area contributed by atoms with Crippen molar-refractivity contribution in [3.8, 4) is 0 Å². The van der Waals surface area contributed by atoms with Crippen LogP contribution in [0.1, 0.15) is 102 Å². The third-order valence-electron chi connectivity index (χ3n) is 9.76. The van der Waals surface area contributed by atoms with E-state index in [-0.39, 0.29) is 32.3 Å². The second-order valence-electron chi connectivity index (χ2n) is 16.5. The predicted octanol–water partition coefficient (Wildman–Crippen LogP) is 0.839. The number of imide groups is 2. The fraction of sp³-hybridized carbons (Fsp3) is 0.795. The summed E-state index contributed by atoms with van der Waals surface area (Å²) in [6.45, 7) is 17.1. The van der Waals surface area contributed by atoms with E-state index >= 15 is 0 Å². The van der Waals surface area contributed by atoms with Gasteiger partial charge in [-0.15, -0.1) is 0 Å². The molecule has 2 heterocycles. The minimum atomic E-state index is -1.50. The Bertz CT molecular complexity index is 1470. The Hall–Kier alpha value is -4.04. The number of hydrogen-bond donors (Lipinski definition) is 3. The largest absolute Gasteiger partial charge is 0.469 e. The average Bonchev–Trinajstić information content (AvgIpc) is 3.11. The van der Waals surface area contributed by atoms with E-state index in [1.54, 1.807) is 27.7 Å². The van der Waals surface area contributed by atoms with E-state index < -0.39 is 126 Å². The van der Waals surface area contributed by atoms with Crippen molar-refractivity contribution in [2.45, 2.75) is 157 Å². The van der Waals surface area contributed by atoms with Gasteiger partial charge in [0.1, 0.15) is 37.1 Å². The third kappa shape index (κ3) is 14.4. The van der Waals surface area contributed by atoms with Gasteiger partial charge in [0.05, 0.1) is 58.0 Å². The fourth-order valence-corrected chi connectivity index (χ4v) is 7.02. The Kier molecular flexibility index (Phi) is 20.0. The van der Waals surface area contributed by atoms with Crippen molar-refractivity contribution >= 4 is 47.5 Å². The molecule has 0 saturated carbocycles. The molecule has 2 saturated heterocycles. The molecule has 4 amide bonds. The molecule has 10 unspecified atom stereocenters. The number of carbonyl (C=O) groups is 8. The van der Waals surface area contributed by atoms with Gasteiger partial charge in [-0.3, -0.25) is 48.2 Å². The smallest absolute Gasteiger partial charge is 0.306 e. The Morgan fingerprint density at radius 2 is 1.03 bits per heavy atom. The van der Waals surface area contributed by atoms with Gasteiger partial charge in [-0.2, -0.15) is 0 Å². The van der Waals surface area contributed by atoms with E-state index in [1.807, 2.05) is 20.8 Å². The van der Waals surface area contributed by atoms with Crippen LogP contribution in [0.5, 0.6) is 0 Å². The first-order valence-electron chi connectivity index (χ1n) is 19.0. The van der Waals surface area contributed by atoms with Crippen LogP contribution < -0.4 is 0 Å². The van der Waals surface area contributed by atoms with Crippen LogP contribution in [-0.2, 0) is 66.8 Å². The SMILES string of the molecule is COC(=O)CCC(=O)N(C(C)=O)C1C(C)C(OC(C)=O)C(COC(C)=O)OC1C(C)(C)C.COC(=O)CCC(=O)N(C(C)=O)C1C(O)C(O)C(CO)OC1C(C)(C)C. The highest BCUT2D eigenvalue weighted by Crippen LogP contribution is 2.40. The first-order chi connectivity index (χ1) is 26.6. The first kappa shape index (κ1) is 52.0. The number of rotatable bonds is 12. The summed E-state index contributed by atoms with van der Waals surface area (Å²) in [7, 11) is 2.41. The van der Waals surface area contributed by atoms with Gasteiger partial charge in [0, 0.05) is 46.5 Å². The molecule has 2 aliphatic heterocycles. The van der Waals surface area contributed by atoms with Crippen LogP contribution in [0.2, 0.25) is 0 Å². The Labute approximate surface area is 339 Å². The molecule has 0 aliphatic carbocycles. The number of hydrogen-bond acceptors (Lipinski definition) is 17. The van der Waals surface area contributed by atoms with Crippen LogP contribution in [0.15, 0.2) is 0 Å². The molecule has 10 atom stereocenters. The van der Waals surface area contributed by atoms with Crippen LogP contribution in [0.4, 0.5) is 0 Å². The summed E-state index contributed by atoms with van der Waals surface area (Å²) in [5, 5.41) is 30.2. The van der Waals surface area contributed by atoms with Crippen molar-refractivity contribution in [3.63, 3.8) is 0 Å². The van der Waals surface area contributed by atoms with Crippen molar-refractivity contribution in [1.29, 1.82) is 0 Å². The zero-order valence-corrected chi connectivity index (χ0v) is 36.0. The fourth-order valence-electron chi connectivity index (χ4n) is 7.02. The van der Waals surface area contributed by atoms with Gasteiger partial charge < -0.3 is 43.7 Å². The lowest BCUT2D eigenvalue weighted by atomic mass is 9.74. The quantitative estimate of drug-likeness (QED) is 0.182. The molecule has 2 rings (SSSR count). The molecule has 58 heavy (non-hydrogen) atoms. The molecule has 0 aromatic rings. The maximum Gasteiger partial charge on any atom is 0.306 e. The van der Waals surface area contributed by atoms with E-state index in [9.17, 15) is 53.7 Å². The van der Waals surface area contributed by atoms with Gasteiger partial charge in [0.25, 0.3) is 0 Å². The maximum absolute atomic E-state index is 13.0. The molecule has 19 nitrogen and oxygen atoms in total.